The highest BCUT2D eigenvalue weighted by Gasteiger charge is 2.39. The Labute approximate surface area is 142 Å². The van der Waals surface area contributed by atoms with Gasteiger partial charge < -0.3 is 9.94 Å². The molecule has 0 amide bonds. The average Bonchev–Trinajstić information content (AvgIpc) is 3.05. The van der Waals surface area contributed by atoms with Crippen molar-refractivity contribution in [3.63, 3.8) is 0 Å². The van der Waals surface area contributed by atoms with Crippen LogP contribution in [0.5, 0.6) is 0 Å². The molecule has 0 unspecified atom stereocenters. The van der Waals surface area contributed by atoms with E-state index in [-0.39, 0.29) is 0 Å². The van der Waals surface area contributed by atoms with Gasteiger partial charge in [0.1, 0.15) is 5.52 Å². The molecule has 25 heavy (non-hydrogen) atoms. The van der Waals surface area contributed by atoms with Crippen LogP contribution in [0, 0.1) is 0 Å². The van der Waals surface area contributed by atoms with Gasteiger partial charge in [0.2, 0.25) is 5.65 Å². The summed E-state index contributed by atoms with van der Waals surface area (Å²) in [4.78, 5) is 5.37. The van der Waals surface area contributed by atoms with E-state index in [9.17, 15) is 4.57 Å². The van der Waals surface area contributed by atoms with Gasteiger partial charge in [0, 0.05) is 6.20 Å². The molecule has 0 aliphatic carbocycles. The Morgan fingerprint density at radius 3 is 2.32 bits per heavy atom. The van der Waals surface area contributed by atoms with Gasteiger partial charge in [-0.3, -0.25) is 4.57 Å². The Morgan fingerprint density at radius 1 is 0.920 bits per heavy atom. The molecule has 1 N–H and O–H groups in total. The summed E-state index contributed by atoms with van der Waals surface area (Å²) >= 11 is 0. The third-order valence-corrected chi connectivity index (χ3v) is 6.52. The van der Waals surface area contributed by atoms with Crippen molar-refractivity contribution in [1.82, 2.24) is 20.1 Å². The summed E-state index contributed by atoms with van der Waals surface area (Å²) in [6.45, 7) is 0. The number of fused-ring (bicyclic) bond motifs is 3. The first-order valence-corrected chi connectivity index (χ1v) is 9.31. The van der Waals surface area contributed by atoms with Gasteiger partial charge in [-0.05, 0) is 41.6 Å². The minimum absolute atomic E-state index is 0.422. The smallest absolute Gasteiger partial charge is 0.334 e. The minimum atomic E-state index is -3.43. The molecular weight excluding hydrogens is 337 g/mol. The maximum Gasteiger partial charge on any atom is 0.334 e. The van der Waals surface area contributed by atoms with Crippen molar-refractivity contribution in [3.8, 4) is 0 Å². The molecule has 122 valence electrons. The van der Waals surface area contributed by atoms with Gasteiger partial charge in [-0.15, -0.1) is 5.10 Å². The lowest BCUT2D eigenvalue weighted by atomic mass is 10.2. The molecule has 7 nitrogen and oxygen atoms in total. The van der Waals surface area contributed by atoms with Crippen LogP contribution in [0.3, 0.4) is 0 Å². The molecule has 0 radical (unpaired) electrons. The number of pyridine rings is 1. The molecular formula is C17H12N5O2P. The van der Waals surface area contributed by atoms with Gasteiger partial charge in [-0.2, -0.15) is 0 Å². The van der Waals surface area contributed by atoms with Gasteiger partial charge in [-0.1, -0.05) is 29.1 Å². The molecule has 0 fully saturated rings. The quantitative estimate of drug-likeness (QED) is 0.559. The third-order valence-electron chi connectivity index (χ3n) is 4.09. The molecule has 0 saturated carbocycles. The van der Waals surface area contributed by atoms with E-state index in [2.05, 4.69) is 20.6 Å². The van der Waals surface area contributed by atoms with E-state index in [0.29, 0.717) is 21.8 Å². The Balaban J connectivity index is 1.73. The number of nitrogens with one attached hydrogen (secondary N) is 1. The van der Waals surface area contributed by atoms with E-state index in [0.717, 1.165) is 16.2 Å². The van der Waals surface area contributed by atoms with Crippen LogP contribution in [0.15, 0.2) is 66.9 Å². The fraction of sp³-hybridized carbons (Fsp3) is 0. The van der Waals surface area contributed by atoms with Crippen LogP contribution in [0.4, 0.5) is 11.4 Å². The fourth-order valence-corrected chi connectivity index (χ4v) is 5.17. The van der Waals surface area contributed by atoms with E-state index < -0.39 is 7.37 Å². The number of rotatable bonds is 2. The summed E-state index contributed by atoms with van der Waals surface area (Å²) in [6, 6.07) is 18.3. The molecule has 1 aliphatic rings. The number of para-hydroxylation sites is 2. The van der Waals surface area contributed by atoms with Crippen molar-refractivity contribution in [2.75, 3.05) is 5.32 Å². The zero-order valence-electron chi connectivity index (χ0n) is 12.9. The number of benzene rings is 2. The van der Waals surface area contributed by atoms with Gasteiger partial charge >= 0.3 is 7.37 Å². The zero-order chi connectivity index (χ0) is 16.9. The Morgan fingerprint density at radius 2 is 1.60 bits per heavy atom. The summed E-state index contributed by atoms with van der Waals surface area (Å²) in [5.74, 6) is 0. The molecule has 1 aliphatic heterocycles. The lowest BCUT2D eigenvalue weighted by Gasteiger charge is -2.28. The molecule has 8 heteroatoms. The van der Waals surface area contributed by atoms with Gasteiger partial charge in [0.05, 0.1) is 22.0 Å². The lowest BCUT2D eigenvalue weighted by Crippen LogP contribution is -2.32. The standard InChI is InChI=1S/C17H12N5O2P/c23-25(24-22-17-14(20-21-22)8-5-11-18-17)15-9-3-1-6-12(15)19-13-7-2-4-10-16(13)25/h1-11,19H. The maximum atomic E-state index is 14.0. The van der Waals surface area contributed by atoms with Crippen molar-refractivity contribution >= 4 is 40.5 Å². The van der Waals surface area contributed by atoms with E-state index in [4.69, 9.17) is 4.62 Å². The van der Waals surface area contributed by atoms with Crippen LogP contribution >= 0.6 is 7.37 Å². The molecule has 0 saturated heterocycles. The normalized spacial score (nSPS) is 14.4. The summed E-state index contributed by atoms with van der Waals surface area (Å²) < 4.78 is 20.0. The molecule has 0 atom stereocenters. The molecule has 3 heterocycles. The largest absolute Gasteiger partial charge is 0.354 e. The number of aromatic nitrogens is 4. The second-order valence-corrected chi connectivity index (χ2v) is 7.83. The lowest BCUT2D eigenvalue weighted by molar-refractivity contribution is 0.247. The molecule has 2 aromatic carbocycles. The van der Waals surface area contributed by atoms with E-state index in [1.807, 2.05) is 36.4 Å². The Kier molecular flexibility index (Phi) is 2.93. The third kappa shape index (κ3) is 2.06. The van der Waals surface area contributed by atoms with Crippen LogP contribution in [-0.4, -0.2) is 20.1 Å². The van der Waals surface area contributed by atoms with E-state index in [1.54, 1.807) is 30.5 Å². The van der Waals surface area contributed by atoms with Crippen LogP contribution in [0.25, 0.3) is 11.2 Å². The van der Waals surface area contributed by atoms with Gasteiger partial charge in [0.15, 0.2) is 0 Å². The van der Waals surface area contributed by atoms with Crippen molar-refractivity contribution in [3.05, 3.63) is 66.9 Å². The number of hydrogen-bond donors (Lipinski definition) is 1. The zero-order valence-corrected chi connectivity index (χ0v) is 13.8. The van der Waals surface area contributed by atoms with Crippen LogP contribution < -0.4 is 20.6 Å². The molecule has 0 bridgehead atoms. The van der Waals surface area contributed by atoms with E-state index >= 15 is 0 Å². The molecule has 5 rings (SSSR count). The predicted octanol–water partition coefficient (Wildman–Crippen LogP) is 2.24. The maximum absolute atomic E-state index is 14.0. The second kappa shape index (κ2) is 5.16. The summed E-state index contributed by atoms with van der Waals surface area (Å²) in [7, 11) is -3.43. The first-order valence-electron chi connectivity index (χ1n) is 7.68. The highest BCUT2D eigenvalue weighted by Crippen LogP contribution is 2.48. The van der Waals surface area contributed by atoms with Crippen LogP contribution in [0.1, 0.15) is 0 Å². The monoisotopic (exact) mass is 349 g/mol. The average molecular weight is 349 g/mol. The highest BCUT2D eigenvalue weighted by atomic mass is 31.2. The van der Waals surface area contributed by atoms with Crippen molar-refractivity contribution < 1.29 is 9.19 Å². The highest BCUT2D eigenvalue weighted by molar-refractivity contribution is 7.75. The SMILES string of the molecule is O=P1(On2nnc3cccnc32)c2ccccc2Nc2ccccc21. The van der Waals surface area contributed by atoms with E-state index in [1.165, 1.54) is 0 Å². The fourth-order valence-electron chi connectivity index (χ4n) is 2.94. The van der Waals surface area contributed by atoms with Crippen LogP contribution in [0.2, 0.25) is 0 Å². The topological polar surface area (TPSA) is 81.9 Å². The van der Waals surface area contributed by atoms with Crippen molar-refractivity contribution in [2.45, 2.75) is 0 Å². The van der Waals surface area contributed by atoms with Crippen molar-refractivity contribution in [2.24, 2.45) is 0 Å². The first-order chi connectivity index (χ1) is 12.3. The van der Waals surface area contributed by atoms with Gasteiger partial charge in [-0.25, -0.2) is 4.98 Å². The molecule has 0 spiro atoms. The van der Waals surface area contributed by atoms with Crippen molar-refractivity contribution in [1.29, 1.82) is 0 Å². The van der Waals surface area contributed by atoms with Gasteiger partial charge in [0.25, 0.3) is 0 Å². The summed E-state index contributed by atoms with van der Waals surface area (Å²) in [5.41, 5.74) is 2.50. The first kappa shape index (κ1) is 14.2. The number of anilines is 2. The molecule has 2 aromatic heterocycles. The number of nitrogens with zero attached hydrogens (tertiary/aromatic N) is 4. The minimum Gasteiger partial charge on any atom is -0.354 e. The summed E-state index contributed by atoms with van der Waals surface area (Å²) in [5, 5.41) is 12.5. The number of hydrogen-bond acceptors (Lipinski definition) is 6. The summed E-state index contributed by atoms with van der Waals surface area (Å²) in [6.07, 6.45) is 1.62. The Hall–Kier alpha value is -3.18. The Bertz CT molecular complexity index is 1110. The van der Waals surface area contributed by atoms with Crippen LogP contribution in [-0.2, 0) is 4.57 Å². The second-order valence-electron chi connectivity index (χ2n) is 5.60. The predicted molar refractivity (Wildman–Crippen MR) is 94.9 cm³/mol. The molecule has 4 aromatic rings.